The van der Waals surface area contributed by atoms with Crippen LogP contribution in [0.5, 0.6) is 0 Å². The van der Waals surface area contributed by atoms with Gasteiger partial charge in [0.1, 0.15) is 13.2 Å². The van der Waals surface area contributed by atoms with Crippen molar-refractivity contribution in [2.24, 2.45) is 0 Å². The number of ether oxygens (including phenoxy) is 2. The van der Waals surface area contributed by atoms with Crippen LogP contribution in [-0.4, -0.2) is 25.2 Å². The smallest absolute Gasteiger partial charge is 0.339 e. The zero-order chi connectivity index (χ0) is 17.6. The number of hydrogen-bond acceptors (Lipinski definition) is 4. The third kappa shape index (κ3) is 6.92. The fraction of sp³-hybridized carbons (Fsp3) is 0.200. The van der Waals surface area contributed by atoms with Crippen LogP contribution in [0.3, 0.4) is 0 Å². The van der Waals surface area contributed by atoms with Crippen LogP contribution in [0, 0.1) is 0 Å². The van der Waals surface area contributed by atoms with E-state index in [1.165, 1.54) is 0 Å². The summed E-state index contributed by atoms with van der Waals surface area (Å²) in [5, 5.41) is 0. The minimum absolute atomic E-state index is 0.138. The predicted molar refractivity (Wildman–Crippen MR) is 94.9 cm³/mol. The second-order valence-electron chi connectivity index (χ2n) is 4.65. The van der Waals surface area contributed by atoms with Crippen molar-refractivity contribution in [3.8, 4) is 0 Å². The lowest BCUT2D eigenvalue weighted by molar-refractivity contribution is 0.0503. The Morgan fingerprint density at radius 3 is 1.58 bits per heavy atom. The van der Waals surface area contributed by atoms with Crippen LogP contribution in [0.4, 0.5) is 0 Å². The lowest BCUT2D eigenvalue weighted by Gasteiger charge is -2.08. The number of rotatable bonds is 8. The molecule has 0 aliphatic heterocycles. The molecule has 126 valence electrons. The molecule has 1 aromatic rings. The maximum atomic E-state index is 12.1. The van der Waals surface area contributed by atoms with E-state index in [0.29, 0.717) is 0 Å². The highest BCUT2D eigenvalue weighted by molar-refractivity contribution is 6.03. The fourth-order valence-electron chi connectivity index (χ4n) is 1.73. The average Bonchev–Trinajstić information content (AvgIpc) is 2.61. The molecule has 0 bridgehead atoms. The SMILES string of the molecule is CC=CC=CCOC(=O)c1ccccc1C(=O)OCC=CC=CC. The molecule has 0 atom stereocenters. The molecule has 0 saturated carbocycles. The molecular weight excluding hydrogens is 304 g/mol. The van der Waals surface area contributed by atoms with Gasteiger partial charge in [0.25, 0.3) is 0 Å². The second-order valence-corrected chi connectivity index (χ2v) is 4.65. The molecule has 1 rings (SSSR count). The molecule has 0 amide bonds. The molecule has 4 heteroatoms. The summed E-state index contributed by atoms with van der Waals surface area (Å²) in [6.07, 6.45) is 14.4. The normalized spacial score (nSPS) is 11.8. The summed E-state index contributed by atoms with van der Waals surface area (Å²) in [5.74, 6) is -1.12. The molecule has 0 heterocycles. The zero-order valence-electron chi connectivity index (χ0n) is 14.0. The highest BCUT2D eigenvalue weighted by Gasteiger charge is 2.18. The molecule has 0 saturated heterocycles. The Morgan fingerprint density at radius 1 is 0.792 bits per heavy atom. The lowest BCUT2D eigenvalue weighted by atomic mass is 10.1. The molecule has 4 nitrogen and oxygen atoms in total. The van der Waals surface area contributed by atoms with Gasteiger partial charge in [-0.15, -0.1) is 0 Å². The van der Waals surface area contributed by atoms with Crippen molar-refractivity contribution in [2.45, 2.75) is 13.8 Å². The molecule has 0 aromatic heterocycles. The van der Waals surface area contributed by atoms with Crippen molar-refractivity contribution in [2.75, 3.05) is 13.2 Å². The van der Waals surface area contributed by atoms with E-state index in [4.69, 9.17) is 9.47 Å². The Bertz CT molecular complexity index is 594. The first-order chi connectivity index (χ1) is 11.7. The Labute approximate surface area is 142 Å². The Morgan fingerprint density at radius 2 is 1.21 bits per heavy atom. The Hall–Kier alpha value is -2.88. The molecule has 0 spiro atoms. The van der Waals surface area contributed by atoms with E-state index >= 15 is 0 Å². The second kappa shape index (κ2) is 11.7. The van der Waals surface area contributed by atoms with E-state index in [1.54, 1.807) is 48.6 Å². The van der Waals surface area contributed by atoms with Gasteiger partial charge in [0.15, 0.2) is 0 Å². The molecule has 0 fully saturated rings. The summed E-state index contributed by atoms with van der Waals surface area (Å²) in [6.45, 7) is 4.06. The molecule has 0 aliphatic carbocycles. The minimum atomic E-state index is -0.558. The summed E-state index contributed by atoms with van der Waals surface area (Å²) in [6, 6.07) is 6.44. The van der Waals surface area contributed by atoms with Crippen molar-refractivity contribution in [3.63, 3.8) is 0 Å². The van der Waals surface area contributed by atoms with E-state index < -0.39 is 11.9 Å². The molecule has 0 aliphatic rings. The largest absolute Gasteiger partial charge is 0.458 e. The molecule has 0 N–H and O–H groups in total. The van der Waals surface area contributed by atoms with Crippen molar-refractivity contribution < 1.29 is 19.1 Å². The number of allylic oxidation sites excluding steroid dienone is 6. The van der Waals surface area contributed by atoms with E-state index in [1.807, 2.05) is 38.2 Å². The maximum absolute atomic E-state index is 12.1. The van der Waals surface area contributed by atoms with Crippen LogP contribution in [0.2, 0.25) is 0 Å². The highest BCUT2D eigenvalue weighted by Crippen LogP contribution is 2.12. The first-order valence-electron chi connectivity index (χ1n) is 7.69. The summed E-state index contributed by atoms with van der Waals surface area (Å²) in [5.41, 5.74) is 0.388. The third-order valence-electron chi connectivity index (χ3n) is 2.87. The number of carbonyl (C=O) groups excluding carboxylic acids is 2. The first kappa shape index (κ1) is 19.2. The van der Waals surface area contributed by atoms with Gasteiger partial charge in [-0.05, 0) is 38.1 Å². The van der Waals surface area contributed by atoms with Gasteiger partial charge in [0, 0.05) is 0 Å². The van der Waals surface area contributed by atoms with Gasteiger partial charge in [-0.2, -0.15) is 0 Å². The predicted octanol–water partition coefficient (Wildman–Crippen LogP) is 4.26. The fourth-order valence-corrected chi connectivity index (χ4v) is 1.73. The van der Waals surface area contributed by atoms with Gasteiger partial charge >= 0.3 is 11.9 Å². The lowest BCUT2D eigenvalue weighted by Crippen LogP contribution is -2.14. The van der Waals surface area contributed by atoms with Crippen LogP contribution in [-0.2, 0) is 9.47 Å². The van der Waals surface area contributed by atoms with E-state index in [2.05, 4.69) is 0 Å². The zero-order valence-corrected chi connectivity index (χ0v) is 14.0. The number of benzene rings is 1. The maximum Gasteiger partial charge on any atom is 0.339 e. The van der Waals surface area contributed by atoms with E-state index in [-0.39, 0.29) is 24.3 Å². The van der Waals surface area contributed by atoms with Crippen molar-refractivity contribution in [1.29, 1.82) is 0 Å². The number of hydrogen-bond donors (Lipinski definition) is 0. The van der Waals surface area contributed by atoms with Gasteiger partial charge in [-0.3, -0.25) is 0 Å². The standard InChI is InChI=1S/C20H22O4/c1-3-5-7-11-15-23-19(21)17-13-9-10-14-18(17)20(22)24-16-12-8-6-4-2/h3-14H,15-16H2,1-2H3. The van der Waals surface area contributed by atoms with Crippen LogP contribution in [0.1, 0.15) is 34.6 Å². The minimum Gasteiger partial charge on any atom is -0.458 e. The highest BCUT2D eigenvalue weighted by atomic mass is 16.5. The van der Waals surface area contributed by atoms with Crippen molar-refractivity contribution in [1.82, 2.24) is 0 Å². The average molecular weight is 326 g/mol. The van der Waals surface area contributed by atoms with Gasteiger partial charge in [0.2, 0.25) is 0 Å². The van der Waals surface area contributed by atoms with Gasteiger partial charge in [0.05, 0.1) is 11.1 Å². The first-order valence-corrected chi connectivity index (χ1v) is 7.69. The van der Waals surface area contributed by atoms with E-state index in [0.717, 1.165) is 0 Å². The Kier molecular flexibility index (Phi) is 9.31. The van der Waals surface area contributed by atoms with Crippen LogP contribution in [0.15, 0.2) is 72.9 Å². The molecule has 24 heavy (non-hydrogen) atoms. The summed E-state index contributed by atoms with van der Waals surface area (Å²) >= 11 is 0. The molecular formula is C20H22O4. The molecule has 1 aromatic carbocycles. The Balaban J connectivity index is 2.69. The summed E-state index contributed by atoms with van der Waals surface area (Å²) < 4.78 is 10.3. The van der Waals surface area contributed by atoms with Gasteiger partial charge in [-0.25, -0.2) is 9.59 Å². The number of carbonyl (C=O) groups is 2. The van der Waals surface area contributed by atoms with E-state index in [9.17, 15) is 9.59 Å². The van der Waals surface area contributed by atoms with Crippen LogP contribution in [0.25, 0.3) is 0 Å². The molecule has 0 radical (unpaired) electrons. The monoisotopic (exact) mass is 326 g/mol. The third-order valence-corrected chi connectivity index (χ3v) is 2.87. The van der Waals surface area contributed by atoms with Gasteiger partial charge in [-0.1, -0.05) is 48.6 Å². The van der Waals surface area contributed by atoms with Crippen molar-refractivity contribution >= 4 is 11.9 Å². The molecule has 0 unspecified atom stereocenters. The topological polar surface area (TPSA) is 52.6 Å². The van der Waals surface area contributed by atoms with Gasteiger partial charge < -0.3 is 9.47 Å². The number of esters is 2. The quantitative estimate of drug-likeness (QED) is 0.529. The summed E-state index contributed by atoms with van der Waals surface area (Å²) in [7, 11) is 0. The van der Waals surface area contributed by atoms with Crippen molar-refractivity contribution in [3.05, 3.63) is 84.0 Å². The van der Waals surface area contributed by atoms with Crippen LogP contribution >= 0.6 is 0 Å². The van der Waals surface area contributed by atoms with Crippen LogP contribution < -0.4 is 0 Å². The summed E-state index contributed by atoms with van der Waals surface area (Å²) in [4.78, 5) is 24.2.